The van der Waals surface area contributed by atoms with Crippen molar-refractivity contribution in [1.29, 1.82) is 0 Å². The van der Waals surface area contributed by atoms with Gasteiger partial charge in [0.25, 0.3) is 5.89 Å². The average molecular weight is 308 g/mol. The van der Waals surface area contributed by atoms with Gasteiger partial charge in [-0.15, -0.1) is 0 Å². The van der Waals surface area contributed by atoms with Crippen LogP contribution < -0.4 is 10.5 Å². The highest BCUT2D eigenvalue weighted by Crippen LogP contribution is 2.37. The number of ether oxygens (including phenoxy) is 1. The van der Waals surface area contributed by atoms with Crippen LogP contribution in [0.3, 0.4) is 0 Å². The summed E-state index contributed by atoms with van der Waals surface area (Å²) in [6.45, 7) is 3.80. The first-order chi connectivity index (χ1) is 9.98. The van der Waals surface area contributed by atoms with E-state index in [-0.39, 0.29) is 6.10 Å². The second kappa shape index (κ2) is 5.31. The molecule has 112 valence electrons. The van der Waals surface area contributed by atoms with Crippen LogP contribution in [0.5, 0.6) is 5.75 Å². The summed E-state index contributed by atoms with van der Waals surface area (Å²) in [6, 6.07) is 5.51. The van der Waals surface area contributed by atoms with Crippen LogP contribution in [0.2, 0.25) is 5.02 Å². The average Bonchev–Trinajstić information content (AvgIpc) is 2.90. The molecule has 0 spiro atoms. The number of benzene rings is 1. The second-order valence-corrected chi connectivity index (χ2v) is 6.04. The number of hydrogen-bond acceptors (Lipinski definition) is 5. The molecule has 6 heteroatoms. The number of aromatic nitrogens is 2. The first kappa shape index (κ1) is 14.4. The summed E-state index contributed by atoms with van der Waals surface area (Å²) in [4.78, 5) is 4.39. The minimum absolute atomic E-state index is 0.337. The van der Waals surface area contributed by atoms with Gasteiger partial charge in [-0.2, -0.15) is 4.98 Å². The second-order valence-electron chi connectivity index (χ2n) is 5.64. The fourth-order valence-electron chi connectivity index (χ4n) is 2.33. The van der Waals surface area contributed by atoms with Crippen LogP contribution in [-0.4, -0.2) is 10.1 Å². The van der Waals surface area contributed by atoms with Crippen LogP contribution in [0.4, 0.5) is 0 Å². The van der Waals surface area contributed by atoms with E-state index in [2.05, 4.69) is 10.1 Å². The maximum Gasteiger partial charge on any atom is 0.267 e. The van der Waals surface area contributed by atoms with Crippen LogP contribution in [0.1, 0.15) is 49.6 Å². The summed E-state index contributed by atoms with van der Waals surface area (Å²) in [5, 5.41) is 4.71. The van der Waals surface area contributed by atoms with Gasteiger partial charge in [-0.3, -0.25) is 0 Å². The molecule has 1 aromatic heterocycles. The van der Waals surface area contributed by atoms with Crippen LogP contribution >= 0.6 is 11.6 Å². The van der Waals surface area contributed by atoms with Crippen molar-refractivity contribution >= 4 is 11.6 Å². The van der Waals surface area contributed by atoms with Crippen molar-refractivity contribution in [3.05, 3.63) is 40.5 Å². The summed E-state index contributed by atoms with van der Waals surface area (Å²) in [6.07, 6.45) is 2.57. The smallest absolute Gasteiger partial charge is 0.267 e. The van der Waals surface area contributed by atoms with E-state index in [4.69, 9.17) is 26.6 Å². The van der Waals surface area contributed by atoms with Crippen LogP contribution in [0.15, 0.2) is 22.7 Å². The molecule has 5 nitrogen and oxygen atoms in total. The Labute approximate surface area is 128 Å². The summed E-state index contributed by atoms with van der Waals surface area (Å²) >= 11 is 6.00. The van der Waals surface area contributed by atoms with Gasteiger partial charge >= 0.3 is 0 Å². The van der Waals surface area contributed by atoms with Gasteiger partial charge in [0.15, 0.2) is 11.9 Å². The van der Waals surface area contributed by atoms with Crippen molar-refractivity contribution in [1.82, 2.24) is 10.1 Å². The van der Waals surface area contributed by atoms with E-state index in [9.17, 15) is 0 Å². The molecule has 1 fully saturated rings. The Bertz CT molecular complexity index is 652. The van der Waals surface area contributed by atoms with Gasteiger partial charge < -0.3 is 15.0 Å². The van der Waals surface area contributed by atoms with Crippen molar-refractivity contribution in [2.45, 2.75) is 44.8 Å². The molecule has 0 amide bonds. The minimum Gasteiger partial charge on any atom is -0.481 e. The first-order valence-corrected chi connectivity index (χ1v) is 7.41. The molecule has 1 atom stereocenters. The highest BCUT2D eigenvalue weighted by molar-refractivity contribution is 6.31. The van der Waals surface area contributed by atoms with E-state index in [1.165, 1.54) is 0 Å². The van der Waals surface area contributed by atoms with Gasteiger partial charge in [0, 0.05) is 5.02 Å². The zero-order chi connectivity index (χ0) is 15.0. The van der Waals surface area contributed by atoms with Crippen molar-refractivity contribution in [3.63, 3.8) is 0 Å². The number of nitrogens with zero attached hydrogens (tertiary/aromatic N) is 2. The fourth-order valence-corrected chi connectivity index (χ4v) is 2.45. The molecule has 1 aliphatic rings. The molecule has 0 bridgehead atoms. The van der Waals surface area contributed by atoms with E-state index in [0.29, 0.717) is 16.7 Å². The molecule has 1 unspecified atom stereocenters. The molecule has 3 rings (SSSR count). The Balaban J connectivity index is 1.73. The maximum atomic E-state index is 6.19. The van der Waals surface area contributed by atoms with Gasteiger partial charge in [-0.25, -0.2) is 0 Å². The SMILES string of the molecule is Cc1cc(OC(C)c2nc(C3(N)CCC3)no2)ccc1Cl. The van der Waals surface area contributed by atoms with Crippen molar-refractivity contribution < 1.29 is 9.26 Å². The Morgan fingerprint density at radius 1 is 1.43 bits per heavy atom. The summed E-state index contributed by atoms with van der Waals surface area (Å²) in [7, 11) is 0. The predicted octanol–water partition coefficient (Wildman–Crippen LogP) is 3.51. The van der Waals surface area contributed by atoms with Crippen molar-refractivity contribution in [3.8, 4) is 5.75 Å². The number of rotatable bonds is 4. The molecule has 1 aliphatic carbocycles. The molecule has 21 heavy (non-hydrogen) atoms. The van der Waals surface area contributed by atoms with Crippen LogP contribution in [0, 0.1) is 6.92 Å². The highest BCUT2D eigenvalue weighted by Gasteiger charge is 2.39. The van der Waals surface area contributed by atoms with Gasteiger partial charge in [0.05, 0.1) is 5.54 Å². The third-order valence-electron chi connectivity index (χ3n) is 3.92. The molecule has 2 aromatic rings. The molecular weight excluding hydrogens is 290 g/mol. The fraction of sp³-hybridized carbons (Fsp3) is 0.467. The number of halogens is 1. The Hall–Kier alpha value is -1.59. The summed E-state index contributed by atoms with van der Waals surface area (Å²) < 4.78 is 11.1. The quantitative estimate of drug-likeness (QED) is 0.935. The van der Waals surface area contributed by atoms with Crippen LogP contribution in [-0.2, 0) is 5.54 Å². The molecule has 0 radical (unpaired) electrons. The molecule has 0 saturated heterocycles. The molecule has 0 aliphatic heterocycles. The lowest BCUT2D eigenvalue weighted by Crippen LogP contribution is -2.44. The molecule has 1 aromatic carbocycles. The Morgan fingerprint density at radius 2 is 2.19 bits per heavy atom. The molecule has 2 N–H and O–H groups in total. The largest absolute Gasteiger partial charge is 0.481 e. The topological polar surface area (TPSA) is 74.2 Å². The van der Waals surface area contributed by atoms with E-state index in [0.717, 1.165) is 30.6 Å². The number of hydrogen-bond donors (Lipinski definition) is 1. The van der Waals surface area contributed by atoms with Gasteiger partial charge in [0.1, 0.15) is 5.75 Å². The Morgan fingerprint density at radius 3 is 2.81 bits per heavy atom. The lowest BCUT2D eigenvalue weighted by atomic mass is 9.77. The van der Waals surface area contributed by atoms with E-state index in [1.807, 2.05) is 26.0 Å². The first-order valence-electron chi connectivity index (χ1n) is 7.04. The van der Waals surface area contributed by atoms with Gasteiger partial charge in [-0.05, 0) is 56.9 Å². The molecule has 1 saturated carbocycles. The minimum atomic E-state index is -0.418. The normalized spacial score (nSPS) is 18.1. The van der Waals surface area contributed by atoms with E-state index >= 15 is 0 Å². The monoisotopic (exact) mass is 307 g/mol. The standard InChI is InChI=1S/C15H18ClN3O2/c1-9-8-11(4-5-12(9)16)20-10(2)13-18-14(19-21-13)15(17)6-3-7-15/h4-5,8,10H,3,6-7,17H2,1-2H3. The molecule has 1 heterocycles. The predicted molar refractivity (Wildman–Crippen MR) is 79.2 cm³/mol. The van der Waals surface area contributed by atoms with Gasteiger partial charge in [-0.1, -0.05) is 16.8 Å². The van der Waals surface area contributed by atoms with E-state index < -0.39 is 5.54 Å². The van der Waals surface area contributed by atoms with Crippen molar-refractivity contribution in [2.75, 3.05) is 0 Å². The summed E-state index contributed by atoms with van der Waals surface area (Å²) in [5.41, 5.74) is 6.73. The van der Waals surface area contributed by atoms with E-state index in [1.54, 1.807) is 6.07 Å². The van der Waals surface area contributed by atoms with Crippen LogP contribution in [0.25, 0.3) is 0 Å². The number of aryl methyl sites for hydroxylation is 1. The van der Waals surface area contributed by atoms with Gasteiger partial charge in [0.2, 0.25) is 0 Å². The number of nitrogens with two attached hydrogens (primary N) is 1. The lowest BCUT2D eigenvalue weighted by Gasteiger charge is -2.34. The lowest BCUT2D eigenvalue weighted by molar-refractivity contribution is 0.174. The maximum absolute atomic E-state index is 6.19. The molecular formula is C15H18ClN3O2. The Kier molecular flexibility index (Phi) is 3.63. The van der Waals surface area contributed by atoms with Crippen molar-refractivity contribution in [2.24, 2.45) is 5.73 Å². The highest BCUT2D eigenvalue weighted by atomic mass is 35.5. The zero-order valence-corrected chi connectivity index (χ0v) is 12.9. The third kappa shape index (κ3) is 2.76. The third-order valence-corrected chi connectivity index (χ3v) is 4.35. The zero-order valence-electron chi connectivity index (χ0n) is 12.1. The summed E-state index contributed by atoms with van der Waals surface area (Å²) in [5.74, 6) is 1.73.